The van der Waals surface area contributed by atoms with Crippen LogP contribution in [0.2, 0.25) is 0 Å². The van der Waals surface area contributed by atoms with Gasteiger partial charge in [0.15, 0.2) is 0 Å². The molecule has 0 fully saturated rings. The second kappa shape index (κ2) is 34.2. The van der Waals surface area contributed by atoms with E-state index in [0.717, 1.165) is 25.7 Å². The van der Waals surface area contributed by atoms with Gasteiger partial charge < -0.3 is 9.84 Å². The Morgan fingerprint density at radius 2 is 0.881 bits per heavy atom. The van der Waals surface area contributed by atoms with Crippen LogP contribution in [0.3, 0.4) is 0 Å². The average Bonchev–Trinajstić information content (AvgIpc) is 2.96. The predicted molar refractivity (Wildman–Crippen MR) is 181 cm³/mol. The van der Waals surface area contributed by atoms with Crippen molar-refractivity contribution in [2.24, 2.45) is 0 Å². The predicted octanol–water partition coefficient (Wildman–Crippen LogP) is 12.7. The van der Waals surface area contributed by atoms with Crippen LogP contribution in [0, 0.1) is 0 Å². The highest BCUT2D eigenvalue weighted by Gasteiger charge is 2.17. The molecular formula is C38H72O4. The van der Waals surface area contributed by atoms with E-state index >= 15 is 0 Å². The summed E-state index contributed by atoms with van der Waals surface area (Å²) >= 11 is 0. The second-order valence-corrected chi connectivity index (χ2v) is 12.8. The van der Waals surface area contributed by atoms with E-state index in [-0.39, 0.29) is 12.4 Å². The van der Waals surface area contributed by atoms with Gasteiger partial charge in [-0.25, -0.2) is 0 Å². The molecule has 0 aromatic heterocycles. The summed E-state index contributed by atoms with van der Waals surface area (Å²) < 4.78 is 5.57. The smallest absolute Gasteiger partial charge is 0.307 e. The first-order valence-corrected chi connectivity index (χ1v) is 18.7. The number of carboxylic acids is 1. The molecule has 1 N–H and O–H groups in total. The number of allylic oxidation sites excluding steroid dienone is 2. The van der Waals surface area contributed by atoms with Gasteiger partial charge in [0.2, 0.25) is 0 Å². The number of unbranched alkanes of at least 4 members (excludes halogenated alkanes) is 25. The van der Waals surface area contributed by atoms with Gasteiger partial charge in [-0.3, -0.25) is 9.59 Å². The summed E-state index contributed by atoms with van der Waals surface area (Å²) in [7, 11) is 0. The maximum Gasteiger partial charge on any atom is 0.307 e. The van der Waals surface area contributed by atoms with E-state index in [1.54, 1.807) is 0 Å². The molecule has 0 aromatic rings. The van der Waals surface area contributed by atoms with E-state index in [0.29, 0.717) is 12.8 Å². The molecule has 4 heteroatoms. The van der Waals surface area contributed by atoms with Crippen LogP contribution in [-0.4, -0.2) is 23.1 Å². The fourth-order valence-corrected chi connectivity index (χ4v) is 5.73. The Morgan fingerprint density at radius 3 is 1.29 bits per heavy atom. The minimum Gasteiger partial charge on any atom is -0.481 e. The first-order chi connectivity index (χ1) is 20.6. The highest BCUT2D eigenvalue weighted by molar-refractivity contribution is 5.71. The number of aliphatic carboxylic acids is 1. The summed E-state index contributed by atoms with van der Waals surface area (Å²) in [4.78, 5) is 23.6. The average molecular weight is 593 g/mol. The molecule has 0 saturated heterocycles. The lowest BCUT2D eigenvalue weighted by Crippen LogP contribution is -2.21. The summed E-state index contributed by atoms with van der Waals surface area (Å²) in [5, 5.41) is 9.24. The highest BCUT2D eigenvalue weighted by atomic mass is 16.5. The molecule has 0 aliphatic carbocycles. The maximum absolute atomic E-state index is 12.3. The zero-order valence-corrected chi connectivity index (χ0v) is 28.3. The lowest BCUT2D eigenvalue weighted by atomic mass is 10.0. The number of hydrogen-bond acceptors (Lipinski definition) is 3. The molecule has 0 saturated carbocycles. The normalized spacial score (nSPS) is 12.2. The van der Waals surface area contributed by atoms with Gasteiger partial charge in [-0.05, 0) is 44.9 Å². The second-order valence-electron chi connectivity index (χ2n) is 12.8. The van der Waals surface area contributed by atoms with Crippen molar-refractivity contribution in [1.29, 1.82) is 0 Å². The van der Waals surface area contributed by atoms with Gasteiger partial charge in [-0.15, -0.1) is 0 Å². The Bertz CT molecular complexity index is 600. The quantitative estimate of drug-likeness (QED) is 0.0458. The van der Waals surface area contributed by atoms with Crippen molar-refractivity contribution in [2.45, 2.75) is 219 Å². The molecule has 0 rings (SSSR count). The van der Waals surface area contributed by atoms with Crippen LogP contribution in [0.5, 0.6) is 0 Å². The van der Waals surface area contributed by atoms with Crippen LogP contribution in [0.25, 0.3) is 0 Å². The van der Waals surface area contributed by atoms with Crippen molar-refractivity contribution < 1.29 is 19.4 Å². The SMILES string of the molecule is CCCCCCCC/C=C\CCCCCCCCCC(=O)OC(CCCCCCCCCCCCCCC)CC(=O)O. The van der Waals surface area contributed by atoms with Crippen molar-refractivity contribution in [2.75, 3.05) is 0 Å². The minimum absolute atomic E-state index is 0.0712. The van der Waals surface area contributed by atoms with E-state index in [1.165, 1.54) is 154 Å². The number of rotatable bonds is 34. The van der Waals surface area contributed by atoms with Gasteiger partial charge in [0.25, 0.3) is 0 Å². The highest BCUT2D eigenvalue weighted by Crippen LogP contribution is 2.17. The molecule has 1 unspecified atom stereocenters. The molecule has 0 aliphatic heterocycles. The number of hydrogen-bond donors (Lipinski definition) is 1. The molecule has 0 aliphatic rings. The summed E-state index contributed by atoms with van der Waals surface area (Å²) in [6, 6.07) is 0. The number of esters is 1. The summed E-state index contributed by atoms with van der Waals surface area (Å²) in [6.07, 6.45) is 40.9. The van der Waals surface area contributed by atoms with Crippen LogP contribution < -0.4 is 0 Å². The molecule has 0 heterocycles. The fraction of sp³-hybridized carbons (Fsp3) is 0.895. The topological polar surface area (TPSA) is 63.6 Å². The van der Waals surface area contributed by atoms with Crippen molar-refractivity contribution in [3.05, 3.63) is 12.2 Å². The zero-order chi connectivity index (χ0) is 30.8. The minimum atomic E-state index is -0.879. The summed E-state index contributed by atoms with van der Waals surface area (Å²) in [5.74, 6) is -1.10. The third kappa shape index (κ3) is 33.2. The van der Waals surface area contributed by atoms with Crippen molar-refractivity contribution in [3.8, 4) is 0 Å². The molecule has 0 amide bonds. The number of carboxylic acid groups (broad SMARTS) is 1. The molecule has 42 heavy (non-hydrogen) atoms. The van der Waals surface area contributed by atoms with Crippen molar-refractivity contribution in [3.63, 3.8) is 0 Å². The lowest BCUT2D eigenvalue weighted by Gasteiger charge is -2.16. The van der Waals surface area contributed by atoms with Crippen LogP contribution >= 0.6 is 0 Å². The molecule has 1 atom stereocenters. The van der Waals surface area contributed by atoms with E-state index in [4.69, 9.17) is 4.74 Å². The van der Waals surface area contributed by atoms with Crippen LogP contribution in [0.4, 0.5) is 0 Å². The summed E-state index contributed by atoms with van der Waals surface area (Å²) in [6.45, 7) is 4.53. The van der Waals surface area contributed by atoms with E-state index in [1.807, 2.05) is 0 Å². The van der Waals surface area contributed by atoms with Crippen molar-refractivity contribution in [1.82, 2.24) is 0 Å². The lowest BCUT2D eigenvalue weighted by molar-refractivity contribution is -0.153. The number of carbonyl (C=O) groups is 2. The van der Waals surface area contributed by atoms with Gasteiger partial charge in [0, 0.05) is 6.42 Å². The zero-order valence-electron chi connectivity index (χ0n) is 28.3. The third-order valence-corrected chi connectivity index (χ3v) is 8.47. The number of ether oxygens (including phenoxy) is 1. The monoisotopic (exact) mass is 593 g/mol. The molecule has 0 radical (unpaired) electrons. The van der Waals surface area contributed by atoms with E-state index in [2.05, 4.69) is 26.0 Å². The molecule has 248 valence electrons. The standard InChI is InChI=1S/C38H72O4/c1-3-5-7-9-11-13-15-17-18-19-20-22-24-26-28-30-32-34-38(41)42-36(35-37(39)40)33-31-29-27-25-23-21-16-14-12-10-8-6-4-2/h17-18,36H,3-16,19-35H2,1-2H3,(H,39,40)/b18-17-. The first kappa shape index (κ1) is 40.7. The molecule has 0 spiro atoms. The summed E-state index contributed by atoms with van der Waals surface area (Å²) in [5.41, 5.74) is 0. The Kier molecular flexibility index (Phi) is 33.1. The van der Waals surface area contributed by atoms with Crippen LogP contribution in [0.15, 0.2) is 12.2 Å². The van der Waals surface area contributed by atoms with Gasteiger partial charge in [-0.2, -0.15) is 0 Å². The molecular weight excluding hydrogens is 520 g/mol. The van der Waals surface area contributed by atoms with E-state index in [9.17, 15) is 14.7 Å². The molecule has 4 nitrogen and oxygen atoms in total. The number of carbonyl (C=O) groups excluding carboxylic acids is 1. The van der Waals surface area contributed by atoms with Gasteiger partial charge >= 0.3 is 11.9 Å². The van der Waals surface area contributed by atoms with Gasteiger partial charge in [0.1, 0.15) is 6.10 Å². The Balaban J connectivity index is 3.64. The van der Waals surface area contributed by atoms with E-state index < -0.39 is 12.1 Å². The van der Waals surface area contributed by atoms with Crippen LogP contribution in [0.1, 0.15) is 213 Å². The van der Waals surface area contributed by atoms with Gasteiger partial charge in [-0.1, -0.05) is 167 Å². The maximum atomic E-state index is 12.3. The first-order valence-electron chi connectivity index (χ1n) is 18.7. The third-order valence-electron chi connectivity index (χ3n) is 8.47. The Morgan fingerprint density at radius 1 is 0.524 bits per heavy atom. The van der Waals surface area contributed by atoms with Crippen LogP contribution in [-0.2, 0) is 14.3 Å². The fourth-order valence-electron chi connectivity index (χ4n) is 5.73. The Labute approximate surface area is 262 Å². The molecule has 0 aromatic carbocycles. The Hall–Kier alpha value is -1.32. The molecule has 0 bridgehead atoms. The largest absolute Gasteiger partial charge is 0.481 e. The van der Waals surface area contributed by atoms with Crippen molar-refractivity contribution >= 4 is 11.9 Å². The van der Waals surface area contributed by atoms with Gasteiger partial charge in [0.05, 0.1) is 6.42 Å².